The predicted octanol–water partition coefficient (Wildman–Crippen LogP) is 2.36. The first-order chi connectivity index (χ1) is 7.67. The highest BCUT2D eigenvalue weighted by Gasteiger charge is 2.16. The molecule has 0 spiro atoms. The Morgan fingerprint density at radius 1 is 1.56 bits per heavy atom. The van der Waals surface area contributed by atoms with Crippen molar-refractivity contribution >= 4 is 62.8 Å². The summed E-state index contributed by atoms with van der Waals surface area (Å²) in [6.07, 6.45) is 2.42. The summed E-state index contributed by atoms with van der Waals surface area (Å²) >= 11 is 5.50. The fourth-order valence-electron chi connectivity index (χ4n) is 1.10. The van der Waals surface area contributed by atoms with E-state index in [0.29, 0.717) is 15.9 Å². The molecule has 5 nitrogen and oxygen atoms in total. The van der Waals surface area contributed by atoms with Crippen LogP contribution in [-0.4, -0.2) is 27.9 Å². The number of hydrogen-bond donors (Lipinski definition) is 0. The molecule has 0 radical (unpaired) electrons. The van der Waals surface area contributed by atoms with Crippen LogP contribution in [-0.2, 0) is 0 Å². The number of ether oxygens (including phenoxy) is 1. The van der Waals surface area contributed by atoms with Gasteiger partial charge in [0.1, 0.15) is 18.6 Å². The molecule has 0 aliphatic heterocycles. The fraction of sp³-hybridized carbons (Fsp3) is 0.125. The highest BCUT2D eigenvalue weighted by Crippen LogP contribution is 2.28. The van der Waals surface area contributed by atoms with Crippen LogP contribution in [0.15, 0.2) is 6.33 Å². The van der Waals surface area contributed by atoms with Gasteiger partial charge in [0, 0.05) is 0 Å². The maximum atomic E-state index is 10.9. The third-order valence-corrected chi connectivity index (χ3v) is 5.58. The Morgan fingerprint density at radius 3 is 2.81 bits per heavy atom. The van der Waals surface area contributed by atoms with Gasteiger partial charge in [-0.3, -0.25) is 9.36 Å². The van der Waals surface area contributed by atoms with E-state index in [1.807, 2.05) is 0 Å². The monoisotopic (exact) mass is 461 g/mol. The van der Waals surface area contributed by atoms with Gasteiger partial charge in [0.2, 0.25) is 0 Å². The van der Waals surface area contributed by atoms with Crippen molar-refractivity contribution in [2.24, 2.45) is 0 Å². The van der Waals surface area contributed by atoms with Gasteiger partial charge in [-0.2, -0.15) is 4.98 Å². The molecule has 0 unspecified atom stereocenters. The molecule has 0 fully saturated rings. The molecule has 0 aliphatic rings. The molecule has 84 valence electrons. The van der Waals surface area contributed by atoms with Crippen LogP contribution in [0.3, 0.4) is 0 Å². The van der Waals surface area contributed by atoms with Crippen molar-refractivity contribution in [2.45, 2.75) is 0 Å². The van der Waals surface area contributed by atoms with Crippen LogP contribution >= 0.6 is 56.5 Å². The summed E-state index contributed by atoms with van der Waals surface area (Å²) in [5.41, 5.74) is 0. The molecule has 0 N–H and O–H groups in total. The Morgan fingerprint density at radius 2 is 2.31 bits per heavy atom. The number of thiazole rings is 1. The van der Waals surface area contributed by atoms with Crippen molar-refractivity contribution in [3.8, 4) is 11.0 Å². The minimum absolute atomic E-state index is 0.469. The van der Waals surface area contributed by atoms with E-state index in [9.17, 15) is 4.79 Å². The van der Waals surface area contributed by atoms with Crippen LogP contribution in [0.1, 0.15) is 9.67 Å². The zero-order valence-corrected chi connectivity index (χ0v) is 13.1. The second kappa shape index (κ2) is 4.96. The SMILES string of the molecule is COc1nc(-n2cnc(I)c2I)c(C=O)s1. The van der Waals surface area contributed by atoms with E-state index in [1.54, 1.807) is 10.9 Å². The van der Waals surface area contributed by atoms with Crippen LogP contribution < -0.4 is 4.74 Å². The lowest BCUT2D eigenvalue weighted by Crippen LogP contribution is -1.99. The number of rotatable bonds is 3. The van der Waals surface area contributed by atoms with Gasteiger partial charge in [0.25, 0.3) is 5.19 Å². The fourth-order valence-corrected chi connectivity index (χ4v) is 2.66. The molecule has 0 amide bonds. The maximum Gasteiger partial charge on any atom is 0.275 e. The van der Waals surface area contributed by atoms with Crippen LogP contribution in [0.2, 0.25) is 0 Å². The number of carbonyl (C=O) groups is 1. The number of hydrogen-bond acceptors (Lipinski definition) is 5. The molecule has 2 aromatic rings. The van der Waals surface area contributed by atoms with E-state index >= 15 is 0 Å². The molecule has 0 saturated heterocycles. The Labute approximate surface area is 123 Å². The van der Waals surface area contributed by atoms with Gasteiger partial charge in [-0.25, -0.2) is 4.98 Å². The van der Waals surface area contributed by atoms with Crippen molar-refractivity contribution in [1.29, 1.82) is 0 Å². The smallest absolute Gasteiger partial charge is 0.275 e. The third kappa shape index (κ3) is 2.09. The second-order valence-corrected chi connectivity index (χ2v) is 5.72. The summed E-state index contributed by atoms with van der Waals surface area (Å²) in [5, 5.41) is 0.469. The summed E-state index contributed by atoms with van der Waals surface area (Å²) in [4.78, 5) is 19.8. The summed E-state index contributed by atoms with van der Waals surface area (Å²) in [7, 11) is 1.53. The Bertz CT molecular complexity index is 537. The number of nitrogens with zero attached hydrogens (tertiary/aromatic N) is 3. The van der Waals surface area contributed by atoms with Crippen molar-refractivity contribution in [2.75, 3.05) is 7.11 Å². The Balaban J connectivity index is 2.58. The van der Waals surface area contributed by atoms with Crippen molar-refractivity contribution in [3.05, 3.63) is 18.6 Å². The third-order valence-electron chi connectivity index (χ3n) is 1.79. The molecule has 2 aromatic heterocycles. The lowest BCUT2D eigenvalue weighted by atomic mass is 10.5. The Hall–Kier alpha value is -0.230. The standard InChI is InChI=1S/C8H5I2N3O2S/c1-15-8-12-7(4(2-14)16-8)13-3-11-5(9)6(13)10/h2-3H,1H3. The Kier molecular flexibility index (Phi) is 3.79. The molecular weight excluding hydrogens is 456 g/mol. The quantitative estimate of drug-likeness (QED) is 0.521. The molecule has 2 rings (SSSR count). The first-order valence-corrected chi connectivity index (χ1v) is 7.03. The molecule has 0 aliphatic carbocycles. The van der Waals surface area contributed by atoms with Crippen LogP contribution in [0.5, 0.6) is 5.19 Å². The van der Waals surface area contributed by atoms with Gasteiger partial charge in [-0.05, 0) is 45.2 Å². The van der Waals surface area contributed by atoms with Gasteiger partial charge in [0.15, 0.2) is 12.1 Å². The molecule has 0 atom stereocenters. The average molecular weight is 461 g/mol. The summed E-state index contributed by atoms with van der Waals surface area (Å²) in [5.74, 6) is 0.566. The lowest BCUT2D eigenvalue weighted by Gasteiger charge is -1.99. The molecule has 0 bridgehead atoms. The molecule has 16 heavy (non-hydrogen) atoms. The molecule has 0 saturated carbocycles. The number of aldehydes is 1. The minimum atomic E-state index is 0.469. The second-order valence-electron chi connectivity index (χ2n) is 2.69. The predicted molar refractivity (Wildman–Crippen MR) is 76.6 cm³/mol. The number of methoxy groups -OCH3 is 1. The maximum absolute atomic E-state index is 10.9. The number of aromatic nitrogens is 3. The lowest BCUT2D eigenvalue weighted by molar-refractivity contribution is 0.112. The highest BCUT2D eigenvalue weighted by atomic mass is 127. The van der Waals surface area contributed by atoms with Gasteiger partial charge < -0.3 is 4.74 Å². The van der Waals surface area contributed by atoms with Crippen molar-refractivity contribution in [1.82, 2.24) is 14.5 Å². The normalized spacial score (nSPS) is 10.4. The largest absolute Gasteiger partial charge is 0.473 e. The number of halogens is 2. The molecule has 8 heteroatoms. The van der Waals surface area contributed by atoms with E-state index in [2.05, 4.69) is 55.1 Å². The average Bonchev–Trinajstić information content (AvgIpc) is 2.84. The zero-order valence-electron chi connectivity index (χ0n) is 7.98. The molecule has 2 heterocycles. The van der Waals surface area contributed by atoms with E-state index in [1.165, 1.54) is 18.4 Å². The number of carbonyl (C=O) groups excluding carboxylic acids is 1. The number of imidazole rings is 1. The highest BCUT2D eigenvalue weighted by molar-refractivity contribution is 14.1. The minimum Gasteiger partial charge on any atom is -0.473 e. The van der Waals surface area contributed by atoms with Gasteiger partial charge >= 0.3 is 0 Å². The van der Waals surface area contributed by atoms with E-state index in [0.717, 1.165) is 13.7 Å². The van der Waals surface area contributed by atoms with Crippen LogP contribution in [0, 0.1) is 7.40 Å². The molecule has 0 aromatic carbocycles. The zero-order chi connectivity index (χ0) is 11.7. The first kappa shape index (κ1) is 12.2. The summed E-state index contributed by atoms with van der Waals surface area (Å²) < 4.78 is 8.59. The topological polar surface area (TPSA) is 57.0 Å². The van der Waals surface area contributed by atoms with Crippen LogP contribution in [0.4, 0.5) is 0 Å². The van der Waals surface area contributed by atoms with E-state index in [4.69, 9.17) is 4.74 Å². The van der Waals surface area contributed by atoms with Gasteiger partial charge in [0.05, 0.1) is 7.11 Å². The van der Waals surface area contributed by atoms with Crippen molar-refractivity contribution < 1.29 is 9.53 Å². The van der Waals surface area contributed by atoms with Crippen molar-refractivity contribution in [3.63, 3.8) is 0 Å². The van der Waals surface area contributed by atoms with Gasteiger partial charge in [-0.1, -0.05) is 11.3 Å². The van der Waals surface area contributed by atoms with E-state index in [-0.39, 0.29) is 0 Å². The van der Waals surface area contributed by atoms with Gasteiger partial charge in [-0.15, -0.1) is 0 Å². The molecular formula is C8H5I2N3O2S. The first-order valence-electron chi connectivity index (χ1n) is 4.06. The van der Waals surface area contributed by atoms with Crippen LogP contribution in [0.25, 0.3) is 5.82 Å². The summed E-state index contributed by atoms with van der Waals surface area (Å²) in [6, 6.07) is 0. The summed E-state index contributed by atoms with van der Waals surface area (Å²) in [6.45, 7) is 0. The van der Waals surface area contributed by atoms with E-state index < -0.39 is 0 Å².